The van der Waals surface area contributed by atoms with Gasteiger partial charge in [0.15, 0.2) is 6.04 Å². The summed E-state index contributed by atoms with van der Waals surface area (Å²) >= 11 is 0. The first-order valence-electron chi connectivity index (χ1n) is 9.34. The van der Waals surface area contributed by atoms with Gasteiger partial charge in [0.2, 0.25) is 6.23 Å². The Kier molecular flexibility index (Phi) is 6.76. The van der Waals surface area contributed by atoms with E-state index in [0.29, 0.717) is 12.8 Å². The molecule has 162 valence electrons. The van der Waals surface area contributed by atoms with E-state index < -0.39 is 54.1 Å². The Bertz CT molecular complexity index is 686. The Morgan fingerprint density at radius 3 is 2.21 bits per heavy atom. The zero-order valence-corrected chi connectivity index (χ0v) is 17.4. The highest BCUT2D eigenvalue weighted by Gasteiger charge is 2.60. The van der Waals surface area contributed by atoms with Crippen molar-refractivity contribution in [3.63, 3.8) is 0 Å². The number of piperazine rings is 1. The van der Waals surface area contributed by atoms with Gasteiger partial charge >= 0.3 is 24.1 Å². The largest absolute Gasteiger partial charge is 0.467 e. The van der Waals surface area contributed by atoms with Gasteiger partial charge in [0.1, 0.15) is 12.2 Å². The zero-order chi connectivity index (χ0) is 21.9. The number of hydrogen-bond donors (Lipinski definition) is 0. The molecule has 0 spiro atoms. The molecule has 10 nitrogen and oxygen atoms in total. The molecule has 0 aromatic carbocycles. The molecule has 0 aliphatic carbocycles. The predicted molar refractivity (Wildman–Crippen MR) is 99.6 cm³/mol. The number of ether oxygens (including phenoxy) is 4. The first-order valence-corrected chi connectivity index (χ1v) is 9.34. The minimum atomic E-state index is -1.22. The molecule has 10 heteroatoms. The van der Waals surface area contributed by atoms with Crippen LogP contribution in [0.25, 0.3) is 0 Å². The van der Waals surface area contributed by atoms with E-state index in [1.54, 1.807) is 20.8 Å². The number of fused-ring (bicyclic) bond motifs is 2. The summed E-state index contributed by atoms with van der Waals surface area (Å²) in [4.78, 5) is 52.4. The third-order valence-electron chi connectivity index (χ3n) is 4.61. The molecular weight excluding hydrogens is 384 g/mol. The van der Waals surface area contributed by atoms with Crippen LogP contribution >= 0.6 is 0 Å². The second-order valence-electron chi connectivity index (χ2n) is 7.84. The minimum absolute atomic E-state index is 0.0961. The molecule has 2 aliphatic rings. The highest BCUT2D eigenvalue weighted by molar-refractivity contribution is 5.85. The van der Waals surface area contributed by atoms with Crippen LogP contribution in [0.2, 0.25) is 0 Å². The van der Waals surface area contributed by atoms with Crippen LogP contribution in [0, 0.1) is 0 Å². The summed E-state index contributed by atoms with van der Waals surface area (Å²) in [5.74, 6) is -1.42. The molecule has 0 aromatic heterocycles. The smallest absolute Gasteiger partial charge is 0.413 e. The Balaban J connectivity index is 2.48. The number of nitrogens with zero attached hydrogens (tertiary/aromatic N) is 2. The van der Waals surface area contributed by atoms with E-state index in [1.165, 1.54) is 25.0 Å². The molecule has 0 saturated carbocycles. The fraction of sp³-hybridized carbons (Fsp3) is 0.684. The van der Waals surface area contributed by atoms with Crippen LogP contribution < -0.4 is 0 Å². The molecule has 2 saturated heterocycles. The van der Waals surface area contributed by atoms with Crippen molar-refractivity contribution in [2.75, 3.05) is 13.7 Å². The number of esters is 2. The first-order chi connectivity index (χ1) is 13.5. The van der Waals surface area contributed by atoms with Gasteiger partial charge in [-0.2, -0.15) is 0 Å². The van der Waals surface area contributed by atoms with Crippen molar-refractivity contribution in [2.45, 2.75) is 70.5 Å². The van der Waals surface area contributed by atoms with E-state index in [4.69, 9.17) is 18.9 Å². The van der Waals surface area contributed by atoms with Gasteiger partial charge in [0, 0.05) is 6.92 Å². The van der Waals surface area contributed by atoms with Gasteiger partial charge in [0.25, 0.3) is 0 Å². The van der Waals surface area contributed by atoms with E-state index >= 15 is 0 Å². The normalized spacial score (nSPS) is 25.8. The Morgan fingerprint density at radius 1 is 1.07 bits per heavy atom. The second-order valence-corrected chi connectivity index (χ2v) is 7.84. The number of likely N-dealkylation sites (tertiary alicyclic amines) is 1. The van der Waals surface area contributed by atoms with E-state index in [-0.39, 0.29) is 6.61 Å². The van der Waals surface area contributed by atoms with E-state index in [1.807, 2.05) is 0 Å². The molecule has 4 unspecified atom stereocenters. The van der Waals surface area contributed by atoms with E-state index in [9.17, 15) is 19.2 Å². The summed E-state index contributed by atoms with van der Waals surface area (Å²) in [6, 6.07) is -2.60. The Labute approximate surface area is 169 Å². The summed E-state index contributed by atoms with van der Waals surface area (Å²) < 4.78 is 20.8. The van der Waals surface area contributed by atoms with Crippen molar-refractivity contribution in [3.8, 4) is 0 Å². The summed E-state index contributed by atoms with van der Waals surface area (Å²) in [7, 11) is 1.18. The molecule has 2 rings (SSSR count). The van der Waals surface area contributed by atoms with Crippen molar-refractivity contribution < 1.29 is 38.1 Å². The molecule has 0 aromatic rings. The predicted octanol–water partition coefficient (Wildman–Crippen LogP) is 1.82. The maximum Gasteiger partial charge on any atom is 0.413 e. The lowest BCUT2D eigenvalue weighted by Crippen LogP contribution is -2.70. The minimum Gasteiger partial charge on any atom is -0.467 e. The number of hydrogen-bond acceptors (Lipinski definition) is 8. The lowest BCUT2D eigenvalue weighted by Gasteiger charge is -2.48. The van der Waals surface area contributed by atoms with Crippen LogP contribution in [0.15, 0.2) is 12.7 Å². The average Bonchev–Trinajstić information content (AvgIpc) is 2.98. The highest BCUT2D eigenvalue weighted by Crippen LogP contribution is 2.40. The van der Waals surface area contributed by atoms with Gasteiger partial charge in [-0.25, -0.2) is 14.4 Å². The third kappa shape index (κ3) is 4.80. The average molecular weight is 412 g/mol. The number of rotatable bonds is 4. The molecule has 2 bridgehead atoms. The van der Waals surface area contributed by atoms with Crippen LogP contribution in [0.3, 0.4) is 0 Å². The van der Waals surface area contributed by atoms with Crippen molar-refractivity contribution in [1.29, 1.82) is 0 Å². The molecule has 2 aliphatic heterocycles. The van der Waals surface area contributed by atoms with Crippen molar-refractivity contribution in [2.24, 2.45) is 0 Å². The molecule has 2 fully saturated rings. The number of methoxy groups -OCH3 is 1. The summed E-state index contributed by atoms with van der Waals surface area (Å²) in [6.45, 7) is 9.73. The number of carbonyl (C=O) groups is 4. The van der Waals surface area contributed by atoms with Gasteiger partial charge in [-0.3, -0.25) is 14.6 Å². The van der Waals surface area contributed by atoms with Crippen molar-refractivity contribution in [3.05, 3.63) is 12.7 Å². The maximum absolute atomic E-state index is 12.9. The summed E-state index contributed by atoms with van der Waals surface area (Å²) in [6.07, 6.45) is -0.576. The summed E-state index contributed by atoms with van der Waals surface area (Å²) in [5, 5.41) is 0. The van der Waals surface area contributed by atoms with Crippen molar-refractivity contribution >= 4 is 24.1 Å². The molecule has 4 atom stereocenters. The molecule has 2 amide bonds. The van der Waals surface area contributed by atoms with Gasteiger partial charge in [-0.05, 0) is 33.6 Å². The SMILES string of the molecule is C=CCOC(=O)N1C(OC(C)=O)C2CCC(C1C(=O)OC)N2C(=O)OC(C)(C)C. The van der Waals surface area contributed by atoms with Crippen LogP contribution in [0.1, 0.15) is 40.5 Å². The molecule has 0 radical (unpaired) electrons. The van der Waals surface area contributed by atoms with Gasteiger partial charge in [-0.15, -0.1) is 0 Å². The number of carbonyl (C=O) groups excluding carboxylic acids is 4. The van der Waals surface area contributed by atoms with Gasteiger partial charge in [-0.1, -0.05) is 12.7 Å². The lowest BCUT2D eigenvalue weighted by atomic mass is 10.0. The molecule has 29 heavy (non-hydrogen) atoms. The van der Waals surface area contributed by atoms with E-state index in [2.05, 4.69) is 6.58 Å². The zero-order valence-electron chi connectivity index (χ0n) is 17.4. The van der Waals surface area contributed by atoms with Crippen LogP contribution in [0.4, 0.5) is 9.59 Å². The summed E-state index contributed by atoms with van der Waals surface area (Å²) in [5.41, 5.74) is -0.770. The molecule has 0 N–H and O–H groups in total. The Hall–Kier alpha value is -2.78. The third-order valence-corrected chi connectivity index (χ3v) is 4.61. The van der Waals surface area contributed by atoms with E-state index in [0.717, 1.165) is 4.90 Å². The maximum atomic E-state index is 12.9. The lowest BCUT2D eigenvalue weighted by molar-refractivity contribution is -0.182. The quantitative estimate of drug-likeness (QED) is 0.391. The fourth-order valence-corrected chi connectivity index (χ4v) is 3.69. The number of amides is 2. The topological polar surface area (TPSA) is 112 Å². The Morgan fingerprint density at radius 2 is 1.69 bits per heavy atom. The van der Waals surface area contributed by atoms with Crippen LogP contribution in [-0.4, -0.2) is 77.6 Å². The first kappa shape index (κ1) is 22.5. The monoisotopic (exact) mass is 412 g/mol. The molecule has 2 heterocycles. The van der Waals surface area contributed by atoms with Crippen LogP contribution in [0.5, 0.6) is 0 Å². The van der Waals surface area contributed by atoms with Crippen molar-refractivity contribution in [1.82, 2.24) is 9.80 Å². The second kappa shape index (κ2) is 8.71. The van der Waals surface area contributed by atoms with Gasteiger partial charge < -0.3 is 18.9 Å². The molecular formula is C19H28N2O8. The highest BCUT2D eigenvalue weighted by atomic mass is 16.6. The van der Waals surface area contributed by atoms with Gasteiger partial charge in [0.05, 0.1) is 19.2 Å². The standard InChI is InChI=1S/C19H28N2O8/c1-7-10-27-17(24)21-14(16(23)26-6)12-8-9-13(15(21)28-11(2)22)20(12)18(25)29-19(3,4)5/h7,12-15H,1,8-10H2,2-6H3. The fourth-order valence-electron chi connectivity index (χ4n) is 3.69. The van der Waals surface area contributed by atoms with Crippen LogP contribution in [-0.2, 0) is 28.5 Å².